The molecule has 0 saturated carbocycles. The molecule has 0 atom stereocenters. The molecule has 0 saturated heterocycles. The Morgan fingerprint density at radius 2 is 1.75 bits per heavy atom. The number of hydrogen-bond donors (Lipinski definition) is 0. The predicted octanol–water partition coefficient (Wildman–Crippen LogP) is 1.61. The Labute approximate surface area is 102 Å². The quantitative estimate of drug-likeness (QED) is 0.626. The van der Waals surface area contributed by atoms with Gasteiger partial charge in [-0.3, -0.25) is 0 Å². The molecule has 1 aromatic rings. The molecule has 16 heavy (non-hydrogen) atoms. The molecule has 5 nitrogen and oxygen atoms in total. The van der Waals surface area contributed by atoms with Crippen LogP contribution in [-0.4, -0.2) is 23.1 Å². The van der Waals surface area contributed by atoms with E-state index in [4.69, 9.17) is 22.3 Å². The zero-order valence-corrected chi connectivity index (χ0v) is 11.0. The first kappa shape index (κ1) is 13.6. The summed E-state index contributed by atoms with van der Waals surface area (Å²) < 4.78 is 48.0. The lowest BCUT2D eigenvalue weighted by Crippen LogP contribution is -2.06. The van der Waals surface area contributed by atoms with E-state index in [1.807, 2.05) is 0 Å². The van der Waals surface area contributed by atoms with Crippen molar-refractivity contribution < 1.29 is 21.0 Å². The largest absolute Gasteiger partial charge is 0.381 e. The third-order valence-electron chi connectivity index (χ3n) is 1.43. The van der Waals surface area contributed by atoms with Gasteiger partial charge in [-0.15, -0.1) is 0 Å². The minimum atomic E-state index is -3.90. The van der Waals surface area contributed by atoms with Crippen LogP contribution in [0, 0.1) is 0 Å². The summed E-state index contributed by atoms with van der Waals surface area (Å²) in [6.07, 6.45) is 0.843. The highest BCUT2D eigenvalue weighted by atomic mass is 35.7. The minimum Gasteiger partial charge on any atom is -0.381 e. The van der Waals surface area contributed by atoms with Crippen LogP contribution in [0.2, 0.25) is 5.02 Å². The summed E-state index contributed by atoms with van der Waals surface area (Å²) in [6.45, 7) is 0. The fraction of sp³-hybridized carbons (Fsp3) is 0.143. The zero-order valence-electron chi connectivity index (χ0n) is 7.85. The van der Waals surface area contributed by atoms with Crippen molar-refractivity contribution in [3.8, 4) is 5.75 Å². The van der Waals surface area contributed by atoms with Crippen LogP contribution < -0.4 is 4.18 Å². The standard InChI is InChI=1S/C7H6Cl2O5S2/c1-15(10,11)14-7-3-2-5(4-6(7)8)16(9,12)13/h2-4H,1H3. The van der Waals surface area contributed by atoms with Crippen LogP contribution in [0.3, 0.4) is 0 Å². The van der Waals surface area contributed by atoms with Gasteiger partial charge in [0.2, 0.25) is 0 Å². The Bertz CT molecular complexity index is 606. The molecule has 0 aromatic heterocycles. The third kappa shape index (κ3) is 3.82. The van der Waals surface area contributed by atoms with Crippen LogP contribution in [0.4, 0.5) is 0 Å². The maximum Gasteiger partial charge on any atom is 0.306 e. The van der Waals surface area contributed by atoms with Crippen LogP contribution in [0.5, 0.6) is 5.75 Å². The van der Waals surface area contributed by atoms with Gasteiger partial charge in [0.05, 0.1) is 16.2 Å². The number of hydrogen-bond acceptors (Lipinski definition) is 5. The van der Waals surface area contributed by atoms with Gasteiger partial charge in [-0.2, -0.15) is 8.42 Å². The van der Waals surface area contributed by atoms with E-state index in [2.05, 4.69) is 4.18 Å². The molecule has 0 radical (unpaired) electrons. The molecule has 0 heterocycles. The first-order chi connectivity index (χ1) is 7.09. The summed E-state index contributed by atoms with van der Waals surface area (Å²) in [5.74, 6) is -0.159. The molecule has 9 heteroatoms. The van der Waals surface area contributed by atoms with Gasteiger partial charge in [-0.1, -0.05) is 11.6 Å². The summed E-state index contributed by atoms with van der Waals surface area (Å²) in [7, 11) is -2.55. The van der Waals surface area contributed by atoms with Gasteiger partial charge in [0.25, 0.3) is 9.05 Å². The lowest BCUT2D eigenvalue weighted by Gasteiger charge is -2.05. The zero-order chi connectivity index (χ0) is 12.6. The maximum absolute atomic E-state index is 10.9. The Kier molecular flexibility index (Phi) is 3.73. The Hall–Kier alpha value is -0.500. The highest BCUT2D eigenvalue weighted by Crippen LogP contribution is 2.29. The molecular formula is C7H6Cl2O5S2. The molecule has 0 aliphatic carbocycles. The fourth-order valence-corrected chi connectivity index (χ4v) is 2.44. The van der Waals surface area contributed by atoms with Gasteiger partial charge in [0.15, 0.2) is 5.75 Å². The number of halogens is 2. The van der Waals surface area contributed by atoms with Crippen molar-refractivity contribution in [3.05, 3.63) is 23.2 Å². The molecule has 0 aliphatic rings. The second kappa shape index (κ2) is 4.40. The molecule has 0 unspecified atom stereocenters. The first-order valence-corrected chi connectivity index (χ1v) is 8.23. The van der Waals surface area contributed by atoms with Gasteiger partial charge in [0.1, 0.15) is 0 Å². The average molecular weight is 305 g/mol. The highest BCUT2D eigenvalue weighted by Gasteiger charge is 2.14. The monoisotopic (exact) mass is 304 g/mol. The van der Waals surface area contributed by atoms with Crippen molar-refractivity contribution in [2.45, 2.75) is 4.90 Å². The van der Waals surface area contributed by atoms with Crippen molar-refractivity contribution in [3.63, 3.8) is 0 Å². The number of benzene rings is 1. The Morgan fingerprint density at radius 1 is 1.19 bits per heavy atom. The SMILES string of the molecule is CS(=O)(=O)Oc1ccc(S(=O)(=O)Cl)cc1Cl. The average Bonchev–Trinajstić information content (AvgIpc) is 2.04. The van der Waals surface area contributed by atoms with Crippen LogP contribution >= 0.6 is 22.3 Å². The maximum atomic E-state index is 10.9. The molecule has 90 valence electrons. The van der Waals surface area contributed by atoms with E-state index < -0.39 is 19.2 Å². The Morgan fingerprint density at radius 3 is 2.12 bits per heavy atom. The summed E-state index contributed by atoms with van der Waals surface area (Å²) in [5, 5.41) is -0.160. The molecule has 0 amide bonds. The summed E-state index contributed by atoms with van der Waals surface area (Å²) in [6, 6.07) is 3.21. The minimum absolute atomic E-state index is 0.159. The lowest BCUT2D eigenvalue weighted by atomic mass is 10.3. The van der Waals surface area contributed by atoms with E-state index in [0.717, 1.165) is 24.5 Å². The second-order valence-electron chi connectivity index (χ2n) is 2.82. The van der Waals surface area contributed by atoms with Gasteiger partial charge in [-0.05, 0) is 18.2 Å². The van der Waals surface area contributed by atoms with Crippen LogP contribution in [0.25, 0.3) is 0 Å². The molecular weight excluding hydrogens is 299 g/mol. The van der Waals surface area contributed by atoms with Crippen molar-refractivity contribution in [1.29, 1.82) is 0 Å². The fourth-order valence-electron chi connectivity index (χ4n) is 0.864. The van der Waals surface area contributed by atoms with E-state index in [1.165, 1.54) is 0 Å². The van der Waals surface area contributed by atoms with E-state index >= 15 is 0 Å². The number of rotatable bonds is 3. The summed E-state index contributed by atoms with van der Waals surface area (Å²) in [4.78, 5) is -0.236. The molecule has 1 aromatic carbocycles. The molecule has 0 spiro atoms. The highest BCUT2D eigenvalue weighted by molar-refractivity contribution is 8.13. The van der Waals surface area contributed by atoms with Gasteiger partial charge >= 0.3 is 10.1 Å². The smallest absolute Gasteiger partial charge is 0.306 e. The normalized spacial score (nSPS) is 12.4. The van der Waals surface area contributed by atoms with Crippen LogP contribution in [-0.2, 0) is 19.2 Å². The van der Waals surface area contributed by atoms with Crippen LogP contribution in [0.1, 0.15) is 0 Å². The molecule has 0 bridgehead atoms. The summed E-state index contributed by atoms with van der Waals surface area (Å²) >= 11 is 5.63. The molecule has 0 N–H and O–H groups in total. The van der Waals surface area contributed by atoms with Crippen molar-refractivity contribution in [1.82, 2.24) is 0 Å². The van der Waals surface area contributed by atoms with Crippen LogP contribution in [0.15, 0.2) is 23.1 Å². The van der Waals surface area contributed by atoms with E-state index in [1.54, 1.807) is 0 Å². The second-order valence-corrected chi connectivity index (χ2v) is 7.37. The molecule has 0 aliphatic heterocycles. The van der Waals surface area contributed by atoms with E-state index in [0.29, 0.717) is 0 Å². The molecule has 1 rings (SSSR count). The predicted molar refractivity (Wildman–Crippen MR) is 60.0 cm³/mol. The van der Waals surface area contributed by atoms with E-state index in [9.17, 15) is 16.8 Å². The van der Waals surface area contributed by atoms with Crippen molar-refractivity contribution in [2.24, 2.45) is 0 Å². The summed E-state index contributed by atoms with van der Waals surface area (Å²) in [5.41, 5.74) is 0. The first-order valence-electron chi connectivity index (χ1n) is 3.73. The van der Waals surface area contributed by atoms with Crippen molar-refractivity contribution in [2.75, 3.05) is 6.26 Å². The third-order valence-corrected chi connectivity index (χ3v) is 3.56. The van der Waals surface area contributed by atoms with Gasteiger partial charge in [-0.25, -0.2) is 8.42 Å². The molecule has 0 fully saturated rings. The van der Waals surface area contributed by atoms with Crippen molar-refractivity contribution >= 4 is 41.5 Å². The van der Waals surface area contributed by atoms with Gasteiger partial charge < -0.3 is 4.18 Å². The van der Waals surface area contributed by atoms with E-state index in [-0.39, 0.29) is 15.7 Å². The topological polar surface area (TPSA) is 77.5 Å². The lowest BCUT2D eigenvalue weighted by molar-refractivity contribution is 0.493. The Balaban J connectivity index is 3.21. The van der Waals surface area contributed by atoms with Gasteiger partial charge in [0, 0.05) is 10.7 Å².